The number of hydrogen-bond acceptors (Lipinski definition) is 2. The highest BCUT2D eigenvalue weighted by Crippen LogP contribution is 2.22. The molecule has 2 heteroatoms. The van der Waals surface area contributed by atoms with E-state index in [-0.39, 0.29) is 6.04 Å². The Morgan fingerprint density at radius 1 is 0.526 bits per heavy atom. The van der Waals surface area contributed by atoms with Gasteiger partial charge in [-0.15, -0.1) is 6.42 Å². The fourth-order valence-corrected chi connectivity index (χ4v) is 2.39. The van der Waals surface area contributed by atoms with Crippen LogP contribution in [0.3, 0.4) is 0 Å². The SMILES string of the molecule is C#CC#CC#CC#CC#CC#CC#CC#CC#CC#CC#COc1ccc(C(N)c2ccc(C)cc2)cc1. The van der Waals surface area contributed by atoms with Gasteiger partial charge >= 0.3 is 0 Å². The molecule has 0 spiro atoms. The lowest BCUT2D eigenvalue weighted by atomic mass is 9.99. The van der Waals surface area contributed by atoms with E-state index in [1.165, 1.54) is 5.56 Å². The van der Waals surface area contributed by atoms with E-state index < -0.39 is 0 Å². The second-order valence-electron chi connectivity index (χ2n) is 6.68. The van der Waals surface area contributed by atoms with Gasteiger partial charge in [0.05, 0.1) is 6.04 Å². The fourth-order valence-electron chi connectivity index (χ4n) is 2.39. The van der Waals surface area contributed by atoms with Crippen molar-refractivity contribution < 1.29 is 4.74 Å². The summed E-state index contributed by atoms with van der Waals surface area (Å²) in [5.74, 6) is 50.2. The summed E-state index contributed by atoms with van der Waals surface area (Å²) in [6.45, 7) is 2.04. The molecule has 0 aliphatic rings. The number of hydrogen-bond donors (Lipinski definition) is 1. The molecule has 1 atom stereocenters. The molecule has 0 saturated carbocycles. The van der Waals surface area contributed by atoms with Crippen molar-refractivity contribution >= 4 is 0 Å². The van der Waals surface area contributed by atoms with Crippen molar-refractivity contribution in [2.75, 3.05) is 0 Å². The van der Waals surface area contributed by atoms with Gasteiger partial charge < -0.3 is 10.5 Å². The molecule has 0 aromatic heterocycles. The Morgan fingerprint density at radius 3 is 1.26 bits per heavy atom. The van der Waals surface area contributed by atoms with Gasteiger partial charge in [0.2, 0.25) is 0 Å². The second-order valence-corrected chi connectivity index (χ2v) is 6.68. The molecule has 0 fully saturated rings. The van der Waals surface area contributed by atoms with Gasteiger partial charge in [0.15, 0.2) is 0 Å². The highest BCUT2D eigenvalue weighted by atomic mass is 16.5. The predicted molar refractivity (Wildman–Crippen MR) is 151 cm³/mol. The third kappa shape index (κ3) is 12.0. The maximum atomic E-state index is 6.33. The molecule has 2 N–H and O–H groups in total. The Hall–Kier alpha value is -6.64. The smallest absolute Gasteiger partial charge is 0.140 e. The van der Waals surface area contributed by atoms with E-state index in [0.717, 1.165) is 11.1 Å². The Labute approximate surface area is 225 Å². The summed E-state index contributed by atoms with van der Waals surface area (Å²) in [5, 5.41) is 0. The van der Waals surface area contributed by atoms with Crippen molar-refractivity contribution in [3.63, 3.8) is 0 Å². The molecule has 0 bridgehead atoms. The van der Waals surface area contributed by atoms with Gasteiger partial charge in [-0.2, -0.15) is 0 Å². The third-order valence-corrected chi connectivity index (χ3v) is 4.09. The van der Waals surface area contributed by atoms with Crippen LogP contribution < -0.4 is 10.5 Å². The lowest BCUT2D eigenvalue weighted by Crippen LogP contribution is -2.11. The Balaban J connectivity index is 1.77. The van der Waals surface area contributed by atoms with Gasteiger partial charge in [0, 0.05) is 71.0 Å². The molecule has 170 valence electrons. The van der Waals surface area contributed by atoms with E-state index in [0.29, 0.717) is 5.75 Å². The maximum Gasteiger partial charge on any atom is 0.140 e. The van der Waals surface area contributed by atoms with Crippen molar-refractivity contribution in [1.29, 1.82) is 0 Å². The summed E-state index contributed by atoms with van der Waals surface area (Å²) in [6.07, 6.45) is 7.45. The average molecular weight is 478 g/mol. The third-order valence-electron chi connectivity index (χ3n) is 4.09. The zero-order valence-corrected chi connectivity index (χ0v) is 20.3. The van der Waals surface area contributed by atoms with Gasteiger partial charge in [-0.3, -0.25) is 0 Å². The van der Waals surface area contributed by atoms with E-state index in [2.05, 4.69) is 125 Å². The van der Waals surface area contributed by atoms with Crippen LogP contribution in [-0.2, 0) is 0 Å². The monoisotopic (exact) mass is 477 g/mol. The first-order chi connectivity index (χ1) is 18.7. The van der Waals surface area contributed by atoms with Gasteiger partial charge in [0.1, 0.15) is 11.9 Å². The van der Waals surface area contributed by atoms with E-state index in [1.54, 1.807) is 0 Å². The second kappa shape index (κ2) is 17.8. The van der Waals surface area contributed by atoms with Crippen LogP contribution in [0.4, 0.5) is 0 Å². The average Bonchev–Trinajstić information content (AvgIpc) is 2.94. The van der Waals surface area contributed by atoms with Crippen molar-refractivity contribution in [2.45, 2.75) is 13.0 Å². The molecule has 2 aromatic carbocycles. The van der Waals surface area contributed by atoms with E-state index in [1.807, 2.05) is 55.5 Å². The summed E-state index contributed by atoms with van der Waals surface area (Å²) in [4.78, 5) is 0. The minimum absolute atomic E-state index is 0.208. The van der Waals surface area contributed by atoms with Gasteiger partial charge in [-0.1, -0.05) is 42.0 Å². The van der Waals surface area contributed by atoms with Crippen molar-refractivity contribution in [1.82, 2.24) is 0 Å². The number of aryl methyl sites for hydroxylation is 1. The van der Waals surface area contributed by atoms with E-state index in [9.17, 15) is 0 Å². The molecule has 0 radical (unpaired) electrons. The summed E-state index contributed by atoms with van der Waals surface area (Å²) in [6, 6.07) is 15.4. The zero-order chi connectivity index (χ0) is 27.1. The van der Waals surface area contributed by atoms with Crippen LogP contribution in [0.5, 0.6) is 5.75 Å². The molecular formula is C36H15NO. The van der Waals surface area contributed by atoms with Crippen LogP contribution in [0.15, 0.2) is 48.5 Å². The highest BCUT2D eigenvalue weighted by Gasteiger charge is 2.08. The van der Waals surface area contributed by atoms with Crippen LogP contribution in [0.2, 0.25) is 0 Å². The van der Waals surface area contributed by atoms with Crippen LogP contribution in [-0.4, -0.2) is 0 Å². The van der Waals surface area contributed by atoms with Crippen molar-refractivity contribution in [3.05, 3.63) is 65.2 Å². The molecule has 0 heterocycles. The largest absolute Gasteiger partial charge is 0.407 e. The Bertz CT molecular complexity index is 1850. The summed E-state index contributed by atoms with van der Waals surface area (Å²) in [7, 11) is 0. The van der Waals surface area contributed by atoms with Gasteiger partial charge in [0.25, 0.3) is 0 Å². The minimum Gasteiger partial charge on any atom is -0.407 e. The molecule has 2 rings (SSSR count). The normalized spacial score (nSPS) is 7.61. The number of terminal acetylenes is 1. The number of ether oxygens (including phenoxy) is 1. The highest BCUT2D eigenvalue weighted by molar-refractivity contribution is 5.47. The van der Waals surface area contributed by atoms with Gasteiger partial charge in [-0.05, 0) is 77.5 Å². The molecule has 38 heavy (non-hydrogen) atoms. The van der Waals surface area contributed by atoms with Crippen molar-refractivity contribution in [3.8, 4) is 137 Å². The maximum absolute atomic E-state index is 6.33. The van der Waals surface area contributed by atoms with Crippen LogP contribution in [0.25, 0.3) is 0 Å². The quantitative estimate of drug-likeness (QED) is 0.690. The first-order valence-corrected chi connectivity index (χ1v) is 10.8. The van der Waals surface area contributed by atoms with Crippen molar-refractivity contribution in [2.24, 2.45) is 5.73 Å². The van der Waals surface area contributed by atoms with E-state index >= 15 is 0 Å². The molecular weight excluding hydrogens is 462 g/mol. The molecule has 0 amide bonds. The molecule has 0 saturated heterocycles. The molecule has 0 aliphatic heterocycles. The minimum atomic E-state index is -0.208. The van der Waals surface area contributed by atoms with Crippen LogP contribution in [0, 0.1) is 138 Å². The fraction of sp³-hybridized carbons (Fsp3) is 0.0556. The van der Waals surface area contributed by atoms with Crippen LogP contribution in [0.1, 0.15) is 22.7 Å². The molecule has 0 aliphatic carbocycles. The topological polar surface area (TPSA) is 35.2 Å². The standard InChI is InChI=1S/C36H15NO/c1-3-4-5-6-7-8-9-10-11-12-13-14-15-16-17-18-19-20-21-22-31-38-35-29-27-34(28-30-35)36(37)33-25-23-32(2)24-26-33/h1,23-30,36H,37H2,2H3. The lowest BCUT2D eigenvalue weighted by molar-refractivity contribution is 0.519. The molecule has 1 unspecified atom stereocenters. The lowest BCUT2D eigenvalue weighted by Gasteiger charge is -2.13. The van der Waals surface area contributed by atoms with Crippen LogP contribution >= 0.6 is 0 Å². The summed E-state index contributed by atoms with van der Waals surface area (Å²) < 4.78 is 5.35. The van der Waals surface area contributed by atoms with Gasteiger partial charge in [-0.25, -0.2) is 0 Å². The predicted octanol–water partition coefficient (Wildman–Crippen LogP) is 3.05. The number of benzene rings is 2. The first kappa shape index (κ1) is 27.6. The summed E-state index contributed by atoms with van der Waals surface area (Å²) in [5.41, 5.74) is 9.55. The zero-order valence-electron chi connectivity index (χ0n) is 20.3. The Morgan fingerprint density at radius 2 is 0.868 bits per heavy atom. The number of nitrogens with two attached hydrogens (primary N) is 1. The molecule has 2 nitrogen and oxygen atoms in total. The first-order valence-electron chi connectivity index (χ1n) is 10.8. The Kier molecular flexibility index (Phi) is 12.9. The number of rotatable bonds is 3. The van der Waals surface area contributed by atoms with E-state index in [4.69, 9.17) is 16.9 Å². The summed E-state index contributed by atoms with van der Waals surface area (Å²) >= 11 is 0. The molecule has 2 aromatic rings.